The van der Waals surface area contributed by atoms with Gasteiger partial charge in [0, 0.05) is 56.9 Å². The van der Waals surface area contributed by atoms with Gasteiger partial charge in [0.15, 0.2) is 0 Å². The Morgan fingerprint density at radius 3 is 2.81 bits per heavy atom. The van der Waals surface area contributed by atoms with Crippen molar-refractivity contribution >= 4 is 5.78 Å². The molecule has 10 heteroatoms. The van der Waals surface area contributed by atoms with Gasteiger partial charge in [-0.15, -0.1) is 0 Å². The highest BCUT2D eigenvalue weighted by Crippen LogP contribution is 2.37. The molecule has 0 amide bonds. The van der Waals surface area contributed by atoms with Crippen molar-refractivity contribution in [3.63, 3.8) is 0 Å². The number of aromatic nitrogens is 4. The third-order valence-corrected chi connectivity index (χ3v) is 8.13. The molecule has 9 nitrogen and oxygen atoms in total. The largest absolute Gasteiger partial charge is 0.387 e. The van der Waals surface area contributed by atoms with E-state index in [1.165, 1.54) is 12.3 Å². The Bertz CT molecular complexity index is 1580. The number of pyridine rings is 2. The molecule has 0 spiro atoms. The maximum atomic E-state index is 14.0. The van der Waals surface area contributed by atoms with Crippen LogP contribution in [0.5, 0.6) is 0 Å². The summed E-state index contributed by atoms with van der Waals surface area (Å²) in [5, 5.41) is 17.0. The zero-order valence-electron chi connectivity index (χ0n) is 23.7. The number of benzene rings is 1. The van der Waals surface area contributed by atoms with E-state index in [1.54, 1.807) is 24.4 Å². The van der Waals surface area contributed by atoms with Crippen LogP contribution in [0.1, 0.15) is 53.1 Å². The van der Waals surface area contributed by atoms with Gasteiger partial charge in [0.2, 0.25) is 5.95 Å². The molecule has 1 fully saturated rings. The van der Waals surface area contributed by atoms with Crippen molar-refractivity contribution in [1.82, 2.24) is 24.8 Å². The molecule has 0 saturated carbocycles. The summed E-state index contributed by atoms with van der Waals surface area (Å²) < 4.78 is 21.0. The van der Waals surface area contributed by atoms with Crippen molar-refractivity contribution in [3.05, 3.63) is 95.0 Å². The van der Waals surface area contributed by atoms with Crippen LogP contribution >= 0.6 is 0 Å². The highest BCUT2D eigenvalue weighted by atomic mass is 19.1. The maximum Gasteiger partial charge on any atom is 0.213 e. The second-order valence-corrected chi connectivity index (χ2v) is 11.0. The number of nitrogens with zero attached hydrogens (tertiary/aromatic N) is 5. The van der Waals surface area contributed by atoms with Gasteiger partial charge >= 0.3 is 0 Å². The normalized spacial score (nSPS) is 20.2. The number of para-hydroxylation sites is 1. The summed E-state index contributed by atoms with van der Waals surface area (Å²) in [6.07, 6.45) is 4.06. The quantitative estimate of drug-likeness (QED) is 0.278. The van der Waals surface area contributed by atoms with Crippen molar-refractivity contribution in [2.24, 2.45) is 5.92 Å². The number of rotatable bonds is 10. The standard InChI is InChI=1S/C32H34FN5O4/c1-20-27(17-26(39)15-24-19-37(12-13-41-2)42-32(24)22-10-11-34-29(33)16-22)38(25-6-4-3-5-7-25)36-30(20)23-14-21-8-9-28(40)31(21)35-18-23/h3-7,10-11,14,16,18,24,28,32,40H,8-9,12-13,15,17,19H2,1-2H3/t24-,28?,32+/m1/s1. The Balaban J connectivity index is 1.29. The van der Waals surface area contributed by atoms with E-state index < -0.39 is 18.2 Å². The van der Waals surface area contributed by atoms with Crippen molar-refractivity contribution < 1.29 is 23.9 Å². The molecule has 1 aromatic carbocycles. The van der Waals surface area contributed by atoms with Crippen LogP contribution in [0.25, 0.3) is 16.9 Å². The number of halogens is 1. The number of ether oxygens (including phenoxy) is 1. The minimum absolute atomic E-state index is 0.0404. The number of aliphatic hydroxyl groups excluding tert-OH is 1. The lowest BCUT2D eigenvalue weighted by Gasteiger charge is -2.17. The van der Waals surface area contributed by atoms with E-state index in [4.69, 9.17) is 14.7 Å². The van der Waals surface area contributed by atoms with Crippen molar-refractivity contribution in [3.8, 4) is 16.9 Å². The molecule has 1 N–H and O–H groups in total. The minimum Gasteiger partial charge on any atom is -0.387 e. The predicted molar refractivity (Wildman–Crippen MR) is 153 cm³/mol. The van der Waals surface area contributed by atoms with Crippen LogP contribution in [0.3, 0.4) is 0 Å². The second-order valence-electron chi connectivity index (χ2n) is 11.0. The molecular weight excluding hydrogens is 537 g/mol. The molecule has 4 aromatic rings. The summed E-state index contributed by atoms with van der Waals surface area (Å²) in [6, 6.07) is 14.9. The summed E-state index contributed by atoms with van der Waals surface area (Å²) >= 11 is 0. The number of fused-ring (bicyclic) bond motifs is 1. The van der Waals surface area contributed by atoms with Gasteiger partial charge in [0.25, 0.3) is 0 Å². The van der Waals surface area contributed by atoms with E-state index in [0.717, 1.165) is 45.9 Å². The van der Waals surface area contributed by atoms with Crippen molar-refractivity contribution in [2.45, 2.75) is 44.8 Å². The highest BCUT2D eigenvalue weighted by Gasteiger charge is 2.37. The van der Waals surface area contributed by atoms with Crippen LogP contribution in [0.15, 0.2) is 60.9 Å². The van der Waals surface area contributed by atoms with Gasteiger partial charge in [-0.2, -0.15) is 14.6 Å². The Hall–Kier alpha value is -3.83. The Labute approximate surface area is 243 Å². The van der Waals surface area contributed by atoms with Crippen LogP contribution in [-0.4, -0.2) is 62.5 Å². The molecule has 3 aromatic heterocycles. The number of ketones is 1. The number of hydrogen-bond acceptors (Lipinski definition) is 8. The molecule has 6 rings (SSSR count). The smallest absolute Gasteiger partial charge is 0.213 e. The Kier molecular flexibility index (Phi) is 8.21. The molecule has 2 aliphatic rings. The van der Waals surface area contributed by atoms with Crippen molar-refractivity contribution in [2.75, 3.05) is 26.8 Å². The van der Waals surface area contributed by atoms with E-state index in [0.29, 0.717) is 31.7 Å². The number of methoxy groups -OCH3 is 1. The SMILES string of the molecule is COCCN1C[C@@H](CC(=O)Cc2c(C)c(-c3cnc4c(c3)CCC4O)nn2-c2ccccc2)[C@H](c2ccnc(F)c2)O1. The van der Waals surface area contributed by atoms with E-state index >= 15 is 0 Å². The molecule has 1 aliphatic heterocycles. The molecule has 0 radical (unpaired) electrons. The topological polar surface area (TPSA) is 103 Å². The van der Waals surface area contributed by atoms with Gasteiger partial charge in [-0.1, -0.05) is 18.2 Å². The number of aryl methyl sites for hydroxylation is 1. The van der Waals surface area contributed by atoms with Gasteiger partial charge in [0.05, 0.1) is 35.5 Å². The molecule has 1 saturated heterocycles. The molecule has 3 atom stereocenters. The fourth-order valence-electron chi connectivity index (χ4n) is 6.01. The Morgan fingerprint density at radius 1 is 1.19 bits per heavy atom. The molecule has 1 aliphatic carbocycles. The molecule has 4 heterocycles. The number of aliphatic hydroxyl groups is 1. The summed E-state index contributed by atoms with van der Waals surface area (Å²) in [5.74, 6) is -0.711. The van der Waals surface area contributed by atoms with Crippen LogP contribution in [0, 0.1) is 18.8 Å². The van der Waals surface area contributed by atoms with Gasteiger partial charge in [0.1, 0.15) is 11.9 Å². The summed E-state index contributed by atoms with van der Waals surface area (Å²) in [5.41, 5.74) is 6.62. The average molecular weight is 572 g/mol. The average Bonchev–Trinajstić information content (AvgIpc) is 3.67. The predicted octanol–water partition coefficient (Wildman–Crippen LogP) is 4.51. The Morgan fingerprint density at radius 2 is 2.02 bits per heavy atom. The maximum absolute atomic E-state index is 14.0. The second kappa shape index (κ2) is 12.2. The first kappa shape index (κ1) is 28.3. The minimum atomic E-state index is -0.581. The first-order valence-corrected chi connectivity index (χ1v) is 14.3. The van der Waals surface area contributed by atoms with Crippen molar-refractivity contribution in [1.29, 1.82) is 0 Å². The van der Waals surface area contributed by atoms with E-state index in [2.05, 4.69) is 16.0 Å². The van der Waals surface area contributed by atoms with Gasteiger partial charge in [-0.25, -0.2) is 9.67 Å². The fourth-order valence-corrected chi connectivity index (χ4v) is 6.01. The molecule has 42 heavy (non-hydrogen) atoms. The number of carbonyl (C=O) groups excluding carboxylic acids is 1. The van der Waals surface area contributed by atoms with Gasteiger partial charge in [-0.3, -0.25) is 14.6 Å². The number of carbonyl (C=O) groups is 1. The first-order valence-electron chi connectivity index (χ1n) is 14.3. The van der Waals surface area contributed by atoms with Crippen LogP contribution in [0.4, 0.5) is 4.39 Å². The van der Waals surface area contributed by atoms with E-state index in [9.17, 15) is 14.3 Å². The number of hydrogen-bond donors (Lipinski definition) is 1. The fraction of sp³-hybridized carbons (Fsp3) is 0.375. The third-order valence-electron chi connectivity index (χ3n) is 8.13. The van der Waals surface area contributed by atoms with Crippen LogP contribution in [0.2, 0.25) is 0 Å². The van der Waals surface area contributed by atoms with E-state index in [-0.39, 0.29) is 24.5 Å². The van der Waals surface area contributed by atoms with E-state index in [1.807, 2.05) is 41.9 Å². The summed E-state index contributed by atoms with van der Waals surface area (Å²) in [6.45, 7) is 3.53. The lowest BCUT2D eigenvalue weighted by atomic mass is 9.91. The molecule has 1 unspecified atom stereocenters. The van der Waals surface area contributed by atoms with Crippen LogP contribution < -0.4 is 0 Å². The monoisotopic (exact) mass is 571 g/mol. The zero-order chi connectivity index (χ0) is 29.2. The molecule has 0 bridgehead atoms. The summed E-state index contributed by atoms with van der Waals surface area (Å²) in [4.78, 5) is 28.1. The van der Waals surface area contributed by atoms with Gasteiger partial charge < -0.3 is 9.84 Å². The highest BCUT2D eigenvalue weighted by molar-refractivity contribution is 5.82. The first-order chi connectivity index (χ1) is 20.4. The number of Topliss-reactive ketones (excluding diaryl/α,β-unsaturated/α-hetero) is 1. The molecular formula is C32H34FN5O4. The lowest BCUT2D eigenvalue weighted by molar-refractivity contribution is -0.155. The zero-order valence-corrected chi connectivity index (χ0v) is 23.7. The summed E-state index contributed by atoms with van der Waals surface area (Å²) in [7, 11) is 1.63. The van der Waals surface area contributed by atoms with Gasteiger partial charge in [-0.05, 0) is 66.8 Å². The van der Waals surface area contributed by atoms with Crippen LogP contribution in [-0.2, 0) is 27.2 Å². The number of hydroxylamine groups is 2. The molecule has 218 valence electrons. The third kappa shape index (κ3) is 5.76. The lowest BCUT2D eigenvalue weighted by Crippen LogP contribution is -2.24.